The summed E-state index contributed by atoms with van der Waals surface area (Å²) < 4.78 is 0. The van der Waals surface area contributed by atoms with Crippen LogP contribution in [0.25, 0.3) is 11.0 Å². The Bertz CT molecular complexity index is 749. The van der Waals surface area contributed by atoms with Crippen molar-refractivity contribution >= 4 is 22.4 Å². The molecule has 2 aromatic heterocycles. The molecule has 0 aliphatic carbocycles. The molecule has 0 amide bonds. The van der Waals surface area contributed by atoms with Crippen LogP contribution < -0.4 is 10.2 Å². The lowest BCUT2D eigenvalue weighted by molar-refractivity contribution is 0.669. The number of benzene rings is 1. The number of hydrogen-bond donors (Lipinski definition) is 2. The van der Waals surface area contributed by atoms with Crippen molar-refractivity contribution < 1.29 is 0 Å². The van der Waals surface area contributed by atoms with Crippen LogP contribution in [0.2, 0.25) is 0 Å². The van der Waals surface area contributed by atoms with Crippen LogP contribution in [0.3, 0.4) is 0 Å². The minimum absolute atomic E-state index is 0.0257. The van der Waals surface area contributed by atoms with E-state index in [1.165, 1.54) is 11.3 Å². The van der Waals surface area contributed by atoms with Crippen molar-refractivity contribution in [2.45, 2.75) is 13.1 Å². The molecule has 96 valence electrons. The molecule has 0 saturated heterocycles. The zero-order chi connectivity index (χ0) is 13.1. The number of aromatic nitrogens is 3. The number of thiazole rings is 1. The zero-order valence-corrected chi connectivity index (χ0v) is 10.9. The molecule has 0 bridgehead atoms. The molecule has 5 nitrogen and oxygen atoms in total. The Hall–Kier alpha value is -2.05. The smallest absolute Gasteiger partial charge is 0.304 e. The second kappa shape index (κ2) is 5.29. The first kappa shape index (κ1) is 12.0. The van der Waals surface area contributed by atoms with Gasteiger partial charge in [0.1, 0.15) is 0 Å². The van der Waals surface area contributed by atoms with Crippen LogP contribution >= 0.6 is 11.3 Å². The highest BCUT2D eigenvalue weighted by Gasteiger charge is 2.00. The van der Waals surface area contributed by atoms with Gasteiger partial charge in [-0.15, -0.1) is 0 Å². The van der Waals surface area contributed by atoms with Crippen LogP contribution in [0.15, 0.2) is 40.6 Å². The van der Waals surface area contributed by atoms with Crippen molar-refractivity contribution in [1.29, 1.82) is 0 Å². The van der Waals surface area contributed by atoms with Gasteiger partial charge in [-0.25, -0.2) is 4.98 Å². The summed E-state index contributed by atoms with van der Waals surface area (Å²) in [6.07, 6.45) is 1.77. The zero-order valence-electron chi connectivity index (χ0n) is 10.1. The lowest BCUT2D eigenvalue weighted by atomic mass is 10.3. The first-order valence-corrected chi connectivity index (χ1v) is 6.77. The standard InChI is InChI=1S/C13H12N4OS/c18-13-17-10(8-19-13)6-14-5-9-7-15-11-3-1-2-4-12(11)16-9/h1-4,7-8,14H,5-6H2,(H,17,18). The molecule has 0 atom stereocenters. The third-order valence-corrected chi connectivity index (χ3v) is 3.41. The summed E-state index contributed by atoms with van der Waals surface area (Å²) in [6, 6.07) is 7.78. The molecule has 0 aliphatic heterocycles. The summed E-state index contributed by atoms with van der Waals surface area (Å²) in [4.78, 5) is 22.6. The Morgan fingerprint density at radius 3 is 2.84 bits per heavy atom. The second-order valence-corrected chi connectivity index (χ2v) is 4.97. The van der Waals surface area contributed by atoms with Gasteiger partial charge in [-0.2, -0.15) is 0 Å². The van der Waals surface area contributed by atoms with Gasteiger partial charge in [-0.1, -0.05) is 23.5 Å². The average Bonchev–Trinajstić information content (AvgIpc) is 2.84. The second-order valence-electron chi connectivity index (χ2n) is 4.13. The molecule has 0 aliphatic rings. The van der Waals surface area contributed by atoms with E-state index in [9.17, 15) is 4.79 Å². The molecular formula is C13H12N4OS. The predicted molar refractivity (Wildman–Crippen MR) is 75.0 cm³/mol. The van der Waals surface area contributed by atoms with Gasteiger partial charge >= 0.3 is 4.87 Å². The van der Waals surface area contributed by atoms with Crippen molar-refractivity contribution in [3.8, 4) is 0 Å². The van der Waals surface area contributed by atoms with Gasteiger partial charge < -0.3 is 10.3 Å². The van der Waals surface area contributed by atoms with Crippen LogP contribution in [0.1, 0.15) is 11.4 Å². The van der Waals surface area contributed by atoms with Crippen LogP contribution in [0, 0.1) is 0 Å². The van der Waals surface area contributed by atoms with E-state index in [4.69, 9.17) is 0 Å². The van der Waals surface area contributed by atoms with E-state index in [-0.39, 0.29) is 4.87 Å². The number of hydrogen-bond acceptors (Lipinski definition) is 5. The highest BCUT2D eigenvalue weighted by molar-refractivity contribution is 7.07. The van der Waals surface area contributed by atoms with E-state index in [2.05, 4.69) is 20.3 Å². The third-order valence-electron chi connectivity index (χ3n) is 2.69. The van der Waals surface area contributed by atoms with Crippen LogP contribution in [0.5, 0.6) is 0 Å². The molecule has 3 aromatic rings. The normalized spacial score (nSPS) is 10.9. The maximum atomic E-state index is 11.0. The average molecular weight is 272 g/mol. The maximum absolute atomic E-state index is 11.0. The summed E-state index contributed by atoms with van der Waals surface area (Å²) in [7, 11) is 0. The molecule has 3 rings (SSSR count). The van der Waals surface area contributed by atoms with E-state index in [1.54, 1.807) is 6.20 Å². The summed E-state index contributed by atoms with van der Waals surface area (Å²) in [6.45, 7) is 1.24. The maximum Gasteiger partial charge on any atom is 0.304 e. The minimum atomic E-state index is -0.0257. The molecule has 0 unspecified atom stereocenters. The van der Waals surface area contributed by atoms with Gasteiger partial charge in [-0.05, 0) is 12.1 Å². The van der Waals surface area contributed by atoms with Crippen LogP contribution in [-0.2, 0) is 13.1 Å². The third kappa shape index (κ3) is 2.86. The summed E-state index contributed by atoms with van der Waals surface area (Å²) in [5.41, 5.74) is 3.57. The highest BCUT2D eigenvalue weighted by atomic mass is 32.1. The molecule has 2 N–H and O–H groups in total. The first-order valence-electron chi connectivity index (χ1n) is 5.89. The summed E-state index contributed by atoms with van der Waals surface area (Å²) in [5, 5.41) is 5.05. The minimum Gasteiger partial charge on any atom is -0.315 e. The van der Waals surface area contributed by atoms with Gasteiger partial charge in [0, 0.05) is 24.2 Å². The van der Waals surface area contributed by atoms with Crippen molar-refractivity contribution in [2.75, 3.05) is 0 Å². The van der Waals surface area contributed by atoms with Crippen LogP contribution in [0.4, 0.5) is 0 Å². The molecule has 1 aromatic carbocycles. The quantitative estimate of drug-likeness (QED) is 0.758. The molecule has 0 saturated carbocycles. The number of fused-ring (bicyclic) bond motifs is 1. The van der Waals surface area contributed by atoms with Gasteiger partial charge in [0.15, 0.2) is 0 Å². The summed E-state index contributed by atoms with van der Waals surface area (Å²) >= 11 is 1.17. The Morgan fingerprint density at radius 1 is 1.21 bits per heavy atom. The van der Waals surface area contributed by atoms with E-state index in [0.29, 0.717) is 13.1 Å². The van der Waals surface area contributed by atoms with Gasteiger partial charge in [-0.3, -0.25) is 9.78 Å². The fraction of sp³-hybridized carbons (Fsp3) is 0.154. The Labute approximate surface area is 113 Å². The molecule has 6 heteroatoms. The molecule has 0 spiro atoms. The number of nitrogens with one attached hydrogen (secondary N) is 2. The van der Waals surface area contributed by atoms with Crippen molar-refractivity contribution in [3.05, 3.63) is 56.9 Å². The first-order chi connectivity index (χ1) is 9.31. The predicted octanol–water partition coefficient (Wildman–Crippen LogP) is 1.67. The van der Waals surface area contributed by atoms with E-state index in [1.807, 2.05) is 29.6 Å². The van der Waals surface area contributed by atoms with Gasteiger partial charge in [0.25, 0.3) is 0 Å². The topological polar surface area (TPSA) is 70.7 Å². The van der Waals surface area contributed by atoms with Crippen molar-refractivity contribution in [3.63, 3.8) is 0 Å². The fourth-order valence-corrected chi connectivity index (χ4v) is 2.39. The van der Waals surface area contributed by atoms with E-state index < -0.39 is 0 Å². The lowest BCUT2D eigenvalue weighted by Gasteiger charge is -2.03. The molecule has 0 fully saturated rings. The largest absolute Gasteiger partial charge is 0.315 e. The Kier molecular flexibility index (Phi) is 3.35. The van der Waals surface area contributed by atoms with Gasteiger partial charge in [0.05, 0.1) is 22.9 Å². The highest BCUT2D eigenvalue weighted by Crippen LogP contribution is 2.08. The molecule has 2 heterocycles. The van der Waals surface area contributed by atoms with Gasteiger partial charge in [0.2, 0.25) is 0 Å². The Balaban J connectivity index is 1.66. The van der Waals surface area contributed by atoms with E-state index >= 15 is 0 Å². The number of para-hydroxylation sites is 2. The van der Waals surface area contributed by atoms with Crippen molar-refractivity contribution in [1.82, 2.24) is 20.3 Å². The van der Waals surface area contributed by atoms with Crippen LogP contribution in [-0.4, -0.2) is 15.0 Å². The lowest BCUT2D eigenvalue weighted by Crippen LogP contribution is -2.15. The number of nitrogens with zero attached hydrogens (tertiary/aromatic N) is 2. The molecular weight excluding hydrogens is 260 g/mol. The number of H-pyrrole nitrogens is 1. The number of rotatable bonds is 4. The molecule has 0 radical (unpaired) electrons. The van der Waals surface area contributed by atoms with E-state index in [0.717, 1.165) is 22.4 Å². The monoisotopic (exact) mass is 272 g/mol. The van der Waals surface area contributed by atoms with Crippen molar-refractivity contribution in [2.24, 2.45) is 0 Å². The molecule has 19 heavy (non-hydrogen) atoms. The number of aromatic amines is 1. The SMILES string of the molecule is O=c1[nH]c(CNCc2cnc3ccccc3n2)cs1. The summed E-state index contributed by atoms with van der Waals surface area (Å²) in [5.74, 6) is 0. The Morgan fingerprint density at radius 2 is 2.05 bits per heavy atom. The fourth-order valence-electron chi connectivity index (χ4n) is 1.81.